The second kappa shape index (κ2) is 8.46. The number of aromatic nitrogens is 2. The van der Waals surface area contributed by atoms with Crippen molar-refractivity contribution in [3.05, 3.63) is 71.4 Å². The Bertz CT molecular complexity index is 1030. The summed E-state index contributed by atoms with van der Waals surface area (Å²) in [6, 6.07) is 17.7. The zero-order valence-electron chi connectivity index (χ0n) is 16.4. The van der Waals surface area contributed by atoms with Crippen molar-refractivity contribution in [2.24, 2.45) is 0 Å². The average molecular weight is 440 g/mol. The summed E-state index contributed by atoms with van der Waals surface area (Å²) in [7, 11) is 0. The second-order valence-electron chi connectivity index (χ2n) is 7.56. The number of carbonyl (C=O) groups is 1. The standard InChI is InChI=1S/C23H22ClN3O2S/c24-17-10-8-16(9-11-17)22-20(14-27(25-22)18-5-2-1-3-6-18)23-26(21(28)15-30-23)13-19-7-4-12-29-19/h1-3,5-6,8-11,14,19,23H,4,7,12-13,15H2/t19-,23+/m1/s1. The lowest BCUT2D eigenvalue weighted by Crippen LogP contribution is -2.35. The Labute approximate surface area is 185 Å². The topological polar surface area (TPSA) is 47.4 Å². The van der Waals surface area contributed by atoms with Gasteiger partial charge in [-0.1, -0.05) is 41.9 Å². The van der Waals surface area contributed by atoms with Gasteiger partial charge in [-0.2, -0.15) is 5.10 Å². The fraction of sp³-hybridized carbons (Fsp3) is 0.304. The van der Waals surface area contributed by atoms with E-state index in [1.54, 1.807) is 11.8 Å². The molecule has 154 valence electrons. The van der Waals surface area contributed by atoms with Gasteiger partial charge in [-0.05, 0) is 37.1 Å². The molecule has 0 radical (unpaired) electrons. The Morgan fingerprint density at radius 2 is 1.93 bits per heavy atom. The van der Waals surface area contributed by atoms with Crippen LogP contribution in [-0.2, 0) is 9.53 Å². The predicted molar refractivity (Wildman–Crippen MR) is 120 cm³/mol. The molecule has 0 unspecified atom stereocenters. The van der Waals surface area contributed by atoms with Crippen molar-refractivity contribution in [3.63, 3.8) is 0 Å². The number of hydrogen-bond acceptors (Lipinski definition) is 4. The minimum absolute atomic E-state index is 0.0789. The Morgan fingerprint density at radius 1 is 1.13 bits per heavy atom. The molecule has 5 rings (SSSR count). The molecule has 0 N–H and O–H groups in total. The summed E-state index contributed by atoms with van der Waals surface area (Å²) in [5, 5.41) is 5.52. The van der Waals surface area contributed by atoms with Gasteiger partial charge in [0, 0.05) is 35.5 Å². The smallest absolute Gasteiger partial charge is 0.233 e. The number of ether oxygens (including phenoxy) is 1. The number of benzene rings is 2. The molecular weight excluding hydrogens is 418 g/mol. The highest BCUT2D eigenvalue weighted by molar-refractivity contribution is 8.00. The summed E-state index contributed by atoms with van der Waals surface area (Å²) in [6.45, 7) is 1.42. The Hall–Kier alpha value is -2.28. The molecule has 0 saturated carbocycles. The van der Waals surface area contributed by atoms with Gasteiger partial charge >= 0.3 is 0 Å². The molecule has 7 heteroatoms. The minimum atomic E-state index is -0.0789. The van der Waals surface area contributed by atoms with Crippen LogP contribution in [0.5, 0.6) is 0 Å². The highest BCUT2D eigenvalue weighted by Gasteiger charge is 2.37. The van der Waals surface area contributed by atoms with E-state index in [9.17, 15) is 4.79 Å². The molecule has 2 atom stereocenters. The van der Waals surface area contributed by atoms with Crippen LogP contribution in [0.15, 0.2) is 60.8 Å². The van der Waals surface area contributed by atoms with Crippen LogP contribution >= 0.6 is 23.4 Å². The molecular formula is C23H22ClN3O2S. The fourth-order valence-electron chi connectivity index (χ4n) is 4.03. The largest absolute Gasteiger partial charge is 0.376 e. The van der Waals surface area contributed by atoms with Gasteiger partial charge in [0.1, 0.15) is 5.37 Å². The van der Waals surface area contributed by atoms with Crippen molar-refractivity contribution in [2.45, 2.75) is 24.3 Å². The van der Waals surface area contributed by atoms with Gasteiger partial charge in [0.05, 0.1) is 23.2 Å². The lowest BCUT2D eigenvalue weighted by atomic mass is 10.1. The van der Waals surface area contributed by atoms with Gasteiger partial charge in [0.15, 0.2) is 0 Å². The number of amides is 1. The summed E-state index contributed by atoms with van der Waals surface area (Å²) in [6.07, 6.45) is 4.25. The van der Waals surface area contributed by atoms with Gasteiger partial charge in [0.25, 0.3) is 0 Å². The van der Waals surface area contributed by atoms with Gasteiger partial charge in [-0.15, -0.1) is 11.8 Å². The third-order valence-electron chi connectivity index (χ3n) is 5.54. The molecule has 1 aromatic heterocycles. The van der Waals surface area contributed by atoms with Crippen molar-refractivity contribution in [2.75, 3.05) is 18.9 Å². The highest BCUT2D eigenvalue weighted by atomic mass is 35.5. The van der Waals surface area contributed by atoms with Crippen LogP contribution in [0.2, 0.25) is 5.02 Å². The van der Waals surface area contributed by atoms with Crippen LogP contribution in [0.4, 0.5) is 0 Å². The van der Waals surface area contributed by atoms with E-state index >= 15 is 0 Å². The number of hydrogen-bond donors (Lipinski definition) is 0. The first-order valence-corrected chi connectivity index (χ1v) is 11.6. The van der Waals surface area contributed by atoms with E-state index in [4.69, 9.17) is 21.4 Å². The predicted octanol–water partition coefficient (Wildman–Crippen LogP) is 4.95. The molecule has 30 heavy (non-hydrogen) atoms. The normalized spacial score (nSPS) is 21.5. The third kappa shape index (κ3) is 3.87. The number of para-hydroxylation sites is 1. The maximum absolute atomic E-state index is 12.7. The number of halogens is 1. The monoisotopic (exact) mass is 439 g/mol. The molecule has 2 aliphatic rings. The first kappa shape index (κ1) is 19.7. The number of rotatable bonds is 5. The van der Waals surface area contributed by atoms with E-state index < -0.39 is 0 Å². The van der Waals surface area contributed by atoms with E-state index in [0.29, 0.717) is 17.3 Å². The van der Waals surface area contributed by atoms with Crippen molar-refractivity contribution >= 4 is 29.3 Å². The van der Waals surface area contributed by atoms with E-state index in [0.717, 1.165) is 42.0 Å². The van der Waals surface area contributed by atoms with Crippen LogP contribution < -0.4 is 0 Å². The summed E-state index contributed by atoms with van der Waals surface area (Å²) >= 11 is 7.77. The average Bonchev–Trinajstić information content (AvgIpc) is 3.51. The van der Waals surface area contributed by atoms with Gasteiger partial charge in [-0.3, -0.25) is 4.79 Å². The van der Waals surface area contributed by atoms with Gasteiger partial charge < -0.3 is 9.64 Å². The van der Waals surface area contributed by atoms with Crippen LogP contribution in [0.1, 0.15) is 23.8 Å². The number of carbonyl (C=O) groups excluding carboxylic acids is 1. The molecule has 2 aromatic carbocycles. The maximum atomic E-state index is 12.7. The molecule has 0 aliphatic carbocycles. The number of nitrogens with zero attached hydrogens (tertiary/aromatic N) is 3. The fourth-order valence-corrected chi connectivity index (χ4v) is 5.36. The van der Waals surface area contributed by atoms with Crippen LogP contribution in [0.3, 0.4) is 0 Å². The maximum Gasteiger partial charge on any atom is 0.233 e. The van der Waals surface area contributed by atoms with Gasteiger partial charge in [-0.25, -0.2) is 4.68 Å². The minimum Gasteiger partial charge on any atom is -0.376 e. The highest BCUT2D eigenvalue weighted by Crippen LogP contribution is 2.43. The summed E-state index contributed by atoms with van der Waals surface area (Å²) < 4.78 is 7.71. The zero-order valence-corrected chi connectivity index (χ0v) is 18.0. The van der Waals surface area contributed by atoms with Crippen molar-refractivity contribution in [1.29, 1.82) is 0 Å². The molecule has 5 nitrogen and oxygen atoms in total. The Balaban J connectivity index is 1.56. The molecule has 2 fully saturated rings. The molecule has 0 bridgehead atoms. The van der Waals surface area contributed by atoms with Crippen LogP contribution in [0.25, 0.3) is 16.9 Å². The van der Waals surface area contributed by atoms with E-state index in [1.807, 2.05) is 64.2 Å². The van der Waals surface area contributed by atoms with E-state index in [2.05, 4.69) is 6.20 Å². The van der Waals surface area contributed by atoms with Crippen molar-refractivity contribution in [1.82, 2.24) is 14.7 Å². The summed E-state index contributed by atoms with van der Waals surface area (Å²) in [5.41, 5.74) is 3.88. The molecule has 1 amide bonds. The lowest BCUT2D eigenvalue weighted by Gasteiger charge is -2.26. The number of thioether (sulfide) groups is 1. The SMILES string of the molecule is O=C1CS[C@@H](c2cn(-c3ccccc3)nc2-c2ccc(Cl)cc2)N1C[C@H]1CCCO1. The Kier molecular flexibility index (Phi) is 5.54. The molecule has 3 aromatic rings. The van der Waals surface area contributed by atoms with E-state index in [1.165, 1.54) is 0 Å². The van der Waals surface area contributed by atoms with Crippen molar-refractivity contribution < 1.29 is 9.53 Å². The van der Waals surface area contributed by atoms with Gasteiger partial charge in [0.2, 0.25) is 5.91 Å². The summed E-state index contributed by atoms with van der Waals surface area (Å²) in [4.78, 5) is 14.7. The van der Waals surface area contributed by atoms with Crippen LogP contribution in [-0.4, -0.2) is 45.6 Å². The second-order valence-corrected chi connectivity index (χ2v) is 9.07. The molecule has 2 aliphatic heterocycles. The zero-order chi connectivity index (χ0) is 20.5. The van der Waals surface area contributed by atoms with E-state index in [-0.39, 0.29) is 17.4 Å². The molecule has 3 heterocycles. The summed E-state index contributed by atoms with van der Waals surface area (Å²) in [5.74, 6) is 0.642. The molecule has 2 saturated heterocycles. The first-order valence-electron chi connectivity index (χ1n) is 10.1. The quantitative estimate of drug-likeness (QED) is 0.564. The van der Waals surface area contributed by atoms with Crippen molar-refractivity contribution in [3.8, 4) is 16.9 Å². The lowest BCUT2D eigenvalue weighted by molar-refractivity contribution is -0.129. The third-order valence-corrected chi connectivity index (χ3v) is 7.03. The molecule has 0 spiro atoms. The van der Waals surface area contributed by atoms with Crippen LogP contribution in [0, 0.1) is 0 Å². The Morgan fingerprint density at radius 3 is 2.67 bits per heavy atom. The first-order chi connectivity index (χ1) is 14.7.